The maximum atomic E-state index is 13.8. The zero-order valence-corrected chi connectivity index (χ0v) is 27.1. The summed E-state index contributed by atoms with van der Waals surface area (Å²) in [5, 5.41) is 4.73. The normalized spacial score (nSPS) is 15.6. The lowest BCUT2D eigenvalue weighted by Crippen LogP contribution is -2.55. The van der Waals surface area contributed by atoms with Crippen LogP contribution >= 0.6 is 23.2 Å². The average Bonchev–Trinajstić information content (AvgIpc) is 3.49. The molecule has 0 bridgehead atoms. The van der Waals surface area contributed by atoms with Gasteiger partial charge in [-0.15, -0.1) is 0 Å². The summed E-state index contributed by atoms with van der Waals surface area (Å²) in [4.78, 5) is 30.8. The Kier molecular flexibility index (Phi) is 9.69. The van der Waals surface area contributed by atoms with Gasteiger partial charge in [-0.05, 0) is 72.4 Å². The number of nitrogens with zero attached hydrogens (tertiary/aromatic N) is 4. The molecule has 1 fully saturated rings. The van der Waals surface area contributed by atoms with E-state index in [1.54, 1.807) is 6.20 Å². The lowest BCUT2D eigenvalue weighted by Gasteiger charge is -2.45. The van der Waals surface area contributed by atoms with Crippen LogP contribution in [0.4, 0.5) is 5.95 Å². The third-order valence-electron chi connectivity index (χ3n) is 8.87. The number of hydrogen-bond acceptors (Lipinski definition) is 5. The highest BCUT2D eigenvalue weighted by molar-refractivity contribution is 6.42. The van der Waals surface area contributed by atoms with E-state index < -0.39 is 0 Å². The van der Waals surface area contributed by atoms with Crippen LogP contribution in [0.2, 0.25) is 10.0 Å². The van der Waals surface area contributed by atoms with Gasteiger partial charge in [0.25, 0.3) is 5.91 Å². The van der Waals surface area contributed by atoms with Gasteiger partial charge in [0.2, 0.25) is 5.95 Å². The van der Waals surface area contributed by atoms with Crippen molar-refractivity contribution in [2.24, 2.45) is 0 Å². The average molecular weight is 642 g/mol. The van der Waals surface area contributed by atoms with Gasteiger partial charge in [0.1, 0.15) is 0 Å². The van der Waals surface area contributed by atoms with Gasteiger partial charge in [-0.3, -0.25) is 14.7 Å². The molecule has 2 atom stereocenters. The summed E-state index contributed by atoms with van der Waals surface area (Å²) in [6.45, 7) is 3.83. The summed E-state index contributed by atoms with van der Waals surface area (Å²) in [6.07, 6.45) is 7.00. The van der Waals surface area contributed by atoms with Gasteiger partial charge in [0, 0.05) is 56.5 Å². The number of likely N-dealkylation sites (N-methyl/N-ethyl adjacent to an activating group) is 1. The Bertz CT molecular complexity index is 1740. The molecule has 3 aromatic carbocycles. The van der Waals surface area contributed by atoms with E-state index in [9.17, 15) is 4.79 Å². The molecular weight excluding hydrogens is 603 g/mol. The number of aromatic amines is 1. The summed E-state index contributed by atoms with van der Waals surface area (Å²) in [5.74, 6) is 0.844. The second kappa shape index (κ2) is 14.0. The molecule has 1 amide bonds. The molecule has 232 valence electrons. The van der Waals surface area contributed by atoms with Crippen molar-refractivity contribution >= 4 is 46.1 Å². The molecule has 0 spiro atoms. The largest absolute Gasteiger partial charge is 0.353 e. The Morgan fingerprint density at radius 2 is 1.82 bits per heavy atom. The minimum absolute atomic E-state index is 0.00345. The first kappa shape index (κ1) is 31.1. The van der Waals surface area contributed by atoms with Gasteiger partial charge in [-0.25, -0.2) is 4.98 Å². The Morgan fingerprint density at radius 1 is 1.02 bits per heavy atom. The SMILES string of the molecule is CCC(c1ccc(Cl)c(Cl)c1)C(N1CCC(Nc2nc3c(Cc4cccnc4)cccc3[nH]2)CC1)N(C)C(=O)c1ccccc1. The number of fused-ring (bicyclic) bond motifs is 1. The molecule has 45 heavy (non-hydrogen) atoms. The summed E-state index contributed by atoms with van der Waals surface area (Å²) in [5.41, 5.74) is 6.08. The molecule has 3 heterocycles. The van der Waals surface area contributed by atoms with Gasteiger partial charge in [0.05, 0.1) is 27.2 Å². The molecule has 7 nitrogen and oxygen atoms in total. The van der Waals surface area contributed by atoms with Crippen molar-refractivity contribution < 1.29 is 4.79 Å². The lowest BCUT2D eigenvalue weighted by atomic mass is 9.90. The fraction of sp³-hybridized carbons (Fsp3) is 0.306. The van der Waals surface area contributed by atoms with Crippen LogP contribution in [0.5, 0.6) is 0 Å². The molecular formula is C36H38Cl2N6O. The van der Waals surface area contributed by atoms with Crippen LogP contribution in [-0.4, -0.2) is 63.0 Å². The number of carbonyl (C=O) groups excluding carboxylic acids is 1. The number of carbonyl (C=O) groups is 1. The number of hydrogen-bond donors (Lipinski definition) is 2. The maximum Gasteiger partial charge on any atom is 0.254 e. The molecule has 1 aliphatic rings. The van der Waals surface area contributed by atoms with E-state index in [4.69, 9.17) is 28.2 Å². The van der Waals surface area contributed by atoms with Crippen LogP contribution in [0.15, 0.2) is 91.3 Å². The van der Waals surface area contributed by atoms with Crippen molar-refractivity contribution in [2.75, 3.05) is 25.5 Å². The van der Waals surface area contributed by atoms with E-state index in [0.717, 1.165) is 66.9 Å². The number of pyridine rings is 1. The number of piperidine rings is 1. The summed E-state index contributed by atoms with van der Waals surface area (Å²) in [7, 11) is 1.92. The Morgan fingerprint density at radius 3 is 2.53 bits per heavy atom. The number of rotatable bonds is 10. The molecule has 0 aliphatic carbocycles. The molecule has 2 unspecified atom stereocenters. The third kappa shape index (κ3) is 7.01. The number of amides is 1. The minimum atomic E-state index is -0.151. The topological polar surface area (TPSA) is 77.2 Å². The summed E-state index contributed by atoms with van der Waals surface area (Å²) >= 11 is 12.8. The van der Waals surface area contributed by atoms with Crippen molar-refractivity contribution in [1.82, 2.24) is 24.8 Å². The van der Waals surface area contributed by atoms with E-state index >= 15 is 0 Å². The highest BCUT2D eigenvalue weighted by Crippen LogP contribution is 2.35. The van der Waals surface area contributed by atoms with E-state index in [1.165, 1.54) is 5.56 Å². The number of imidazole rings is 1. The fourth-order valence-corrected chi connectivity index (χ4v) is 6.87. The summed E-state index contributed by atoms with van der Waals surface area (Å²) in [6, 6.07) is 25.9. The van der Waals surface area contributed by atoms with Gasteiger partial charge in [-0.1, -0.05) is 72.6 Å². The Labute approximate surface area is 274 Å². The van der Waals surface area contributed by atoms with Crippen molar-refractivity contribution in [3.63, 3.8) is 0 Å². The predicted molar refractivity (Wildman–Crippen MR) is 183 cm³/mol. The fourth-order valence-electron chi connectivity index (χ4n) is 6.56. The molecule has 9 heteroatoms. The van der Waals surface area contributed by atoms with Crippen molar-refractivity contribution in [3.05, 3.63) is 124 Å². The number of H-pyrrole nitrogens is 1. The molecule has 1 aliphatic heterocycles. The number of benzene rings is 3. The minimum Gasteiger partial charge on any atom is -0.353 e. The molecule has 0 radical (unpaired) electrons. The molecule has 2 aromatic heterocycles. The number of aromatic nitrogens is 3. The lowest BCUT2D eigenvalue weighted by molar-refractivity contribution is 0.0201. The molecule has 6 rings (SSSR count). The number of likely N-dealkylation sites (tertiary alicyclic amines) is 1. The monoisotopic (exact) mass is 640 g/mol. The second-order valence-corrected chi connectivity index (χ2v) is 12.6. The van der Waals surface area contributed by atoms with Gasteiger partial charge < -0.3 is 15.2 Å². The highest BCUT2D eigenvalue weighted by Gasteiger charge is 2.36. The van der Waals surface area contributed by atoms with Crippen LogP contribution in [0.1, 0.15) is 59.2 Å². The standard InChI is InChI=1S/C36H38Cl2N6O/c1-3-29(26-14-15-30(37)31(38)22-26)34(43(2)35(45)25-10-5-4-6-11-25)44-19-16-28(17-20-44)40-36-41-32-13-7-12-27(33(32)42-36)21-24-9-8-18-39-23-24/h4-15,18,22-23,28-29,34H,3,16-17,19-21H2,1-2H3,(H2,40,41,42). The Hall–Kier alpha value is -3.91. The summed E-state index contributed by atoms with van der Waals surface area (Å²) < 4.78 is 0. The van der Waals surface area contributed by atoms with Crippen LogP contribution in [-0.2, 0) is 6.42 Å². The van der Waals surface area contributed by atoms with Crippen molar-refractivity contribution in [1.29, 1.82) is 0 Å². The highest BCUT2D eigenvalue weighted by atomic mass is 35.5. The van der Waals surface area contributed by atoms with Crippen LogP contribution in [0, 0.1) is 0 Å². The van der Waals surface area contributed by atoms with E-state index in [-0.39, 0.29) is 24.0 Å². The molecule has 0 saturated carbocycles. The number of halogens is 2. The first-order chi connectivity index (χ1) is 21.9. The quantitative estimate of drug-likeness (QED) is 0.162. The number of para-hydroxylation sites is 1. The van der Waals surface area contributed by atoms with E-state index in [0.29, 0.717) is 15.6 Å². The van der Waals surface area contributed by atoms with E-state index in [2.05, 4.69) is 51.4 Å². The predicted octanol–water partition coefficient (Wildman–Crippen LogP) is 8.02. The molecule has 2 N–H and O–H groups in total. The zero-order chi connectivity index (χ0) is 31.3. The smallest absolute Gasteiger partial charge is 0.254 e. The zero-order valence-electron chi connectivity index (χ0n) is 25.6. The van der Waals surface area contributed by atoms with Crippen LogP contribution < -0.4 is 5.32 Å². The molecule has 5 aromatic rings. The van der Waals surface area contributed by atoms with Gasteiger partial charge in [0.15, 0.2) is 0 Å². The van der Waals surface area contributed by atoms with Gasteiger partial charge >= 0.3 is 0 Å². The van der Waals surface area contributed by atoms with Crippen molar-refractivity contribution in [2.45, 2.75) is 50.7 Å². The van der Waals surface area contributed by atoms with Crippen LogP contribution in [0.3, 0.4) is 0 Å². The Balaban J connectivity index is 1.19. The number of nitrogens with one attached hydrogen (secondary N) is 2. The first-order valence-electron chi connectivity index (χ1n) is 15.6. The maximum absolute atomic E-state index is 13.8. The first-order valence-corrected chi connectivity index (χ1v) is 16.3. The van der Waals surface area contributed by atoms with E-state index in [1.807, 2.05) is 72.7 Å². The van der Waals surface area contributed by atoms with Crippen LogP contribution in [0.25, 0.3) is 11.0 Å². The van der Waals surface area contributed by atoms with Gasteiger partial charge in [-0.2, -0.15) is 0 Å². The molecule has 1 saturated heterocycles. The second-order valence-electron chi connectivity index (χ2n) is 11.8. The van der Waals surface area contributed by atoms with Crippen molar-refractivity contribution in [3.8, 4) is 0 Å². The number of anilines is 1. The third-order valence-corrected chi connectivity index (χ3v) is 9.61.